The average molecular weight is 687 g/mol. The van der Waals surface area contributed by atoms with Crippen LogP contribution in [0.1, 0.15) is 0 Å². The minimum absolute atomic E-state index is 0.606. The third-order valence-electron chi connectivity index (χ3n) is 11.2. The molecule has 0 unspecified atom stereocenters. The predicted octanol–water partition coefficient (Wildman–Crippen LogP) is 3.07. The first kappa shape index (κ1) is 33.5. The molecule has 0 amide bonds. The van der Waals surface area contributed by atoms with Gasteiger partial charge in [-0.2, -0.15) is 0 Å². The Morgan fingerprint density at radius 1 is 0.352 bits per heavy atom. The highest BCUT2D eigenvalue weighted by Crippen LogP contribution is 2.40. The van der Waals surface area contributed by atoms with Crippen LogP contribution in [0.15, 0.2) is 150 Å². The van der Waals surface area contributed by atoms with E-state index in [4.69, 9.17) is 19.4 Å². The number of furan rings is 1. The number of para-hydroxylation sites is 1. The summed E-state index contributed by atoms with van der Waals surface area (Å²) in [5.41, 5.74) is 18.4. The lowest BCUT2D eigenvalue weighted by atomic mass is 9.59. The molecular weight excluding hydrogens is 653 g/mol. The highest BCUT2D eigenvalue weighted by atomic mass is 16.3. The zero-order valence-electron chi connectivity index (χ0n) is 31.1. The Morgan fingerprint density at radius 3 is 1.39 bits per heavy atom. The van der Waals surface area contributed by atoms with E-state index >= 15 is 0 Å². The lowest BCUT2D eigenvalue weighted by Gasteiger charge is -2.20. The van der Waals surface area contributed by atoms with Gasteiger partial charge in [-0.25, -0.2) is 15.0 Å². The molecule has 2 heterocycles. The summed E-state index contributed by atoms with van der Waals surface area (Å²) in [6.45, 7) is 0. The van der Waals surface area contributed by atoms with Crippen LogP contribution in [0, 0.1) is 0 Å². The fourth-order valence-electron chi connectivity index (χ4n) is 7.80. The monoisotopic (exact) mass is 687 g/mol. The lowest BCUT2D eigenvalue weighted by molar-refractivity contribution is 0.670. The Labute approximate surface area is 319 Å². The molecule has 250 valence electrons. The molecule has 0 N–H and O–H groups in total. The van der Waals surface area contributed by atoms with E-state index in [2.05, 4.69) is 112 Å². The van der Waals surface area contributed by atoms with E-state index in [-0.39, 0.29) is 0 Å². The molecule has 0 atom stereocenters. The van der Waals surface area contributed by atoms with Gasteiger partial charge in [0.1, 0.15) is 50.4 Å². The van der Waals surface area contributed by atoms with Crippen LogP contribution in [0.5, 0.6) is 0 Å². The number of benzene rings is 7. The average Bonchev–Trinajstić information content (AvgIpc) is 3.62. The zero-order valence-corrected chi connectivity index (χ0v) is 31.1. The molecule has 0 aliphatic heterocycles. The van der Waals surface area contributed by atoms with Gasteiger partial charge in [-0.15, -0.1) is 16.4 Å². The fourth-order valence-corrected chi connectivity index (χ4v) is 7.80. The molecular formula is C45H34B5N3O. The number of aromatic nitrogens is 3. The summed E-state index contributed by atoms with van der Waals surface area (Å²) >= 11 is 0. The zero-order chi connectivity index (χ0) is 36.9. The second-order valence-electron chi connectivity index (χ2n) is 14.2. The quantitative estimate of drug-likeness (QED) is 0.253. The number of fused-ring (bicyclic) bond motifs is 3. The van der Waals surface area contributed by atoms with Crippen molar-refractivity contribution in [2.24, 2.45) is 0 Å². The maximum atomic E-state index is 6.67. The minimum Gasteiger partial charge on any atom is -0.455 e. The predicted molar refractivity (Wildman–Crippen MR) is 241 cm³/mol. The molecule has 0 radical (unpaired) electrons. The molecule has 54 heavy (non-hydrogen) atoms. The van der Waals surface area contributed by atoms with E-state index < -0.39 is 0 Å². The van der Waals surface area contributed by atoms with E-state index in [0.717, 1.165) is 49.8 Å². The molecule has 7 aromatic carbocycles. The van der Waals surface area contributed by atoms with E-state index in [9.17, 15) is 0 Å². The third kappa shape index (κ3) is 5.77. The Morgan fingerprint density at radius 2 is 0.815 bits per heavy atom. The van der Waals surface area contributed by atoms with Gasteiger partial charge in [0.15, 0.2) is 17.5 Å². The van der Waals surface area contributed by atoms with Crippen LogP contribution in [0.4, 0.5) is 0 Å². The van der Waals surface area contributed by atoms with E-state index in [1.54, 1.807) is 0 Å². The van der Waals surface area contributed by atoms with Gasteiger partial charge in [0.2, 0.25) is 0 Å². The summed E-state index contributed by atoms with van der Waals surface area (Å²) < 4.78 is 6.67. The summed E-state index contributed by atoms with van der Waals surface area (Å²) in [7, 11) is 11.2. The van der Waals surface area contributed by atoms with Crippen LogP contribution in [0.2, 0.25) is 0 Å². The standard InChI is InChI=1S/C45H34B5N3O/c46-37-35(38(47)40(49)41(50)39(37)48)28-23-19-26(20-24-28)25-17-21-27(22-18-25)31-13-7-14-32-36-33(15-8-16-34(36)54-42(31)32)45-52-43(29-9-3-1-4-10-29)51-44(53-45)30-11-5-2-6-12-30/h1-24H,46-50H2. The van der Waals surface area contributed by atoms with Crippen molar-refractivity contribution in [1.29, 1.82) is 0 Å². The largest absolute Gasteiger partial charge is 0.455 e. The van der Waals surface area contributed by atoms with Gasteiger partial charge in [-0.3, -0.25) is 0 Å². The molecule has 9 rings (SSSR count). The van der Waals surface area contributed by atoms with Crippen LogP contribution >= 0.6 is 0 Å². The molecule has 9 aromatic rings. The first-order chi connectivity index (χ1) is 26.4. The molecule has 0 aliphatic rings. The van der Waals surface area contributed by atoms with E-state index in [1.165, 1.54) is 49.6 Å². The maximum Gasteiger partial charge on any atom is 0.164 e. The van der Waals surface area contributed by atoms with Crippen LogP contribution < -0.4 is 27.3 Å². The van der Waals surface area contributed by atoms with Gasteiger partial charge in [0.25, 0.3) is 0 Å². The second-order valence-corrected chi connectivity index (χ2v) is 14.2. The van der Waals surface area contributed by atoms with Gasteiger partial charge in [-0.05, 0) is 33.9 Å². The first-order valence-electron chi connectivity index (χ1n) is 18.5. The summed E-state index contributed by atoms with van der Waals surface area (Å²) in [5.74, 6) is 1.87. The van der Waals surface area contributed by atoms with Crippen LogP contribution in [-0.2, 0) is 0 Å². The van der Waals surface area contributed by atoms with Gasteiger partial charge in [0.05, 0.1) is 0 Å². The summed E-state index contributed by atoms with van der Waals surface area (Å²) in [5, 5.41) is 2.01. The molecule has 4 nitrogen and oxygen atoms in total. The first-order valence-corrected chi connectivity index (χ1v) is 18.5. The minimum atomic E-state index is 0.606. The maximum absolute atomic E-state index is 6.67. The summed E-state index contributed by atoms with van der Waals surface area (Å²) in [4.78, 5) is 15.0. The second kappa shape index (κ2) is 13.6. The summed E-state index contributed by atoms with van der Waals surface area (Å²) in [6.07, 6.45) is 0. The van der Waals surface area contributed by atoms with Crippen molar-refractivity contribution in [1.82, 2.24) is 15.0 Å². The topological polar surface area (TPSA) is 51.8 Å². The Balaban J connectivity index is 1.10. The van der Waals surface area contributed by atoms with Crippen molar-refractivity contribution in [3.8, 4) is 67.5 Å². The van der Waals surface area contributed by atoms with Crippen molar-refractivity contribution >= 4 is 88.5 Å². The van der Waals surface area contributed by atoms with Crippen molar-refractivity contribution in [3.63, 3.8) is 0 Å². The molecule has 0 spiro atoms. The highest BCUT2D eigenvalue weighted by Gasteiger charge is 2.20. The smallest absolute Gasteiger partial charge is 0.164 e. The van der Waals surface area contributed by atoms with E-state index in [1.807, 2.05) is 72.8 Å². The molecule has 0 aliphatic carbocycles. The number of hydrogen-bond donors (Lipinski definition) is 0. The van der Waals surface area contributed by atoms with Crippen molar-refractivity contribution in [2.45, 2.75) is 0 Å². The Bertz CT molecular complexity index is 2770. The van der Waals surface area contributed by atoms with Crippen molar-refractivity contribution < 1.29 is 4.42 Å². The third-order valence-corrected chi connectivity index (χ3v) is 11.2. The SMILES string of the molecule is Bc1c(B)c(B)c(-c2ccc(-c3ccc(-c4cccc5c4oc4cccc(-c6nc(-c7ccccc7)nc(-c7ccccc7)n6)c45)cc3)cc2)c(B)c1B. The van der Waals surface area contributed by atoms with Gasteiger partial charge in [0, 0.05) is 33.0 Å². The van der Waals surface area contributed by atoms with E-state index in [0.29, 0.717) is 17.5 Å². The molecule has 2 aromatic heterocycles. The van der Waals surface area contributed by atoms with Gasteiger partial charge >= 0.3 is 0 Å². The normalized spacial score (nSPS) is 11.3. The molecule has 0 fully saturated rings. The molecule has 9 heteroatoms. The van der Waals surface area contributed by atoms with Crippen molar-refractivity contribution in [2.75, 3.05) is 0 Å². The van der Waals surface area contributed by atoms with Crippen LogP contribution in [-0.4, -0.2) is 54.2 Å². The van der Waals surface area contributed by atoms with Crippen LogP contribution in [0.25, 0.3) is 89.5 Å². The molecule has 0 saturated heterocycles. The van der Waals surface area contributed by atoms with Gasteiger partial charge in [-0.1, -0.05) is 150 Å². The molecule has 0 bridgehead atoms. The Kier molecular flexibility index (Phi) is 8.43. The van der Waals surface area contributed by atoms with Crippen LogP contribution in [0.3, 0.4) is 0 Å². The number of nitrogens with zero attached hydrogens (tertiary/aromatic N) is 3. The highest BCUT2D eigenvalue weighted by molar-refractivity contribution is 6.68. The number of rotatable bonds is 6. The Hall–Kier alpha value is -6.33. The fraction of sp³-hybridized carbons (Fsp3) is 0. The molecule has 0 saturated carbocycles. The van der Waals surface area contributed by atoms with Crippen molar-refractivity contribution in [3.05, 3.63) is 146 Å². The van der Waals surface area contributed by atoms with Gasteiger partial charge < -0.3 is 4.42 Å². The number of hydrogen-bond acceptors (Lipinski definition) is 4. The summed E-state index contributed by atoms with van der Waals surface area (Å²) in [6, 6.07) is 50.4. The lowest BCUT2D eigenvalue weighted by Crippen LogP contribution is -2.55.